The van der Waals surface area contributed by atoms with Gasteiger partial charge in [0.1, 0.15) is 5.82 Å². The molecule has 0 radical (unpaired) electrons. The van der Waals surface area contributed by atoms with Crippen molar-refractivity contribution in [1.29, 1.82) is 0 Å². The Balaban J connectivity index is 1.85. The van der Waals surface area contributed by atoms with E-state index >= 15 is 0 Å². The molecule has 0 fully saturated rings. The van der Waals surface area contributed by atoms with Gasteiger partial charge in [-0.05, 0) is 42.0 Å². The summed E-state index contributed by atoms with van der Waals surface area (Å²) in [5, 5.41) is 6.51. The largest absolute Gasteiger partial charge is 0.358 e. The lowest BCUT2D eigenvalue weighted by atomic mass is 10.2. The Morgan fingerprint density at radius 3 is 2.72 bits per heavy atom. The fourth-order valence-electron chi connectivity index (χ4n) is 1.44. The molecule has 18 heavy (non-hydrogen) atoms. The molecular weight excluding hydrogens is 249 g/mol. The molecule has 0 aliphatic heterocycles. The topological polar surface area (TPSA) is 37.0 Å². The lowest BCUT2D eigenvalue weighted by Gasteiger charge is -2.10. The average molecular weight is 261 g/mol. The predicted molar refractivity (Wildman–Crippen MR) is 73.7 cm³/mol. The molecule has 0 unspecified atom stereocenters. The molecule has 5 heteroatoms. The second kappa shape index (κ2) is 6.07. The lowest BCUT2D eigenvalue weighted by Crippen LogP contribution is -2.27. The van der Waals surface area contributed by atoms with Crippen LogP contribution in [0.2, 0.25) is 0 Å². The maximum Gasteiger partial charge on any atom is 0.171 e. The first-order valence-corrected chi connectivity index (χ1v) is 5.84. The SMILES string of the molecule is Fc1cccc(CNC(=S)Nc2ccncc2)c1. The molecule has 0 atom stereocenters. The smallest absolute Gasteiger partial charge is 0.171 e. The third-order valence-corrected chi connectivity index (χ3v) is 2.53. The van der Waals surface area contributed by atoms with E-state index < -0.39 is 0 Å². The van der Waals surface area contributed by atoms with Gasteiger partial charge in [-0.25, -0.2) is 4.39 Å². The summed E-state index contributed by atoms with van der Waals surface area (Å²) in [5.74, 6) is -0.248. The third-order valence-electron chi connectivity index (χ3n) is 2.28. The van der Waals surface area contributed by atoms with E-state index in [1.165, 1.54) is 12.1 Å². The Morgan fingerprint density at radius 2 is 2.00 bits per heavy atom. The van der Waals surface area contributed by atoms with Crippen LogP contribution in [0.25, 0.3) is 0 Å². The van der Waals surface area contributed by atoms with Crippen molar-refractivity contribution < 1.29 is 4.39 Å². The molecule has 0 aliphatic rings. The van der Waals surface area contributed by atoms with Gasteiger partial charge in [-0.2, -0.15) is 0 Å². The fraction of sp³-hybridized carbons (Fsp3) is 0.0769. The maximum absolute atomic E-state index is 13.0. The minimum absolute atomic E-state index is 0.248. The first kappa shape index (κ1) is 12.4. The van der Waals surface area contributed by atoms with Crippen molar-refractivity contribution in [2.75, 3.05) is 5.32 Å². The molecule has 3 nitrogen and oxygen atoms in total. The van der Waals surface area contributed by atoms with Gasteiger partial charge in [-0.15, -0.1) is 0 Å². The van der Waals surface area contributed by atoms with Crippen LogP contribution in [0, 0.1) is 5.82 Å². The Morgan fingerprint density at radius 1 is 1.22 bits per heavy atom. The number of aromatic nitrogens is 1. The monoisotopic (exact) mass is 261 g/mol. The van der Waals surface area contributed by atoms with Crippen LogP contribution in [0.3, 0.4) is 0 Å². The van der Waals surface area contributed by atoms with Gasteiger partial charge in [0.25, 0.3) is 0 Å². The van der Waals surface area contributed by atoms with Crippen LogP contribution < -0.4 is 10.6 Å². The summed E-state index contributed by atoms with van der Waals surface area (Å²) in [6.07, 6.45) is 3.36. The molecule has 2 N–H and O–H groups in total. The van der Waals surface area contributed by atoms with Crippen LogP contribution >= 0.6 is 12.2 Å². The molecule has 0 saturated carbocycles. The van der Waals surface area contributed by atoms with E-state index in [-0.39, 0.29) is 5.82 Å². The molecule has 1 aromatic heterocycles. The highest BCUT2D eigenvalue weighted by Crippen LogP contribution is 2.05. The lowest BCUT2D eigenvalue weighted by molar-refractivity contribution is 0.625. The second-order valence-corrected chi connectivity index (χ2v) is 4.08. The van der Waals surface area contributed by atoms with Crippen molar-refractivity contribution >= 4 is 23.0 Å². The third kappa shape index (κ3) is 3.78. The summed E-state index contributed by atoms with van der Waals surface area (Å²) in [6, 6.07) is 10.0. The number of rotatable bonds is 3. The summed E-state index contributed by atoms with van der Waals surface area (Å²) in [5.41, 5.74) is 1.70. The van der Waals surface area contributed by atoms with E-state index in [1.54, 1.807) is 18.5 Å². The van der Waals surface area contributed by atoms with E-state index in [0.29, 0.717) is 11.7 Å². The van der Waals surface area contributed by atoms with Gasteiger partial charge in [0, 0.05) is 24.6 Å². The highest BCUT2D eigenvalue weighted by molar-refractivity contribution is 7.80. The minimum Gasteiger partial charge on any atom is -0.358 e. The van der Waals surface area contributed by atoms with Crippen molar-refractivity contribution in [2.24, 2.45) is 0 Å². The molecule has 1 heterocycles. The summed E-state index contributed by atoms with van der Waals surface area (Å²) < 4.78 is 13.0. The highest BCUT2D eigenvalue weighted by atomic mass is 32.1. The van der Waals surface area contributed by atoms with Gasteiger partial charge in [-0.1, -0.05) is 12.1 Å². The highest BCUT2D eigenvalue weighted by Gasteiger charge is 1.98. The van der Waals surface area contributed by atoms with Crippen molar-refractivity contribution in [3.8, 4) is 0 Å². The molecular formula is C13H12FN3S. The molecule has 0 amide bonds. The number of hydrogen-bond donors (Lipinski definition) is 2. The zero-order valence-electron chi connectivity index (χ0n) is 9.56. The molecule has 0 bridgehead atoms. The van der Waals surface area contributed by atoms with Gasteiger partial charge >= 0.3 is 0 Å². The second-order valence-electron chi connectivity index (χ2n) is 3.67. The molecule has 92 valence electrons. The maximum atomic E-state index is 13.0. The number of benzene rings is 1. The van der Waals surface area contributed by atoms with Crippen LogP contribution in [0.4, 0.5) is 10.1 Å². The first-order valence-electron chi connectivity index (χ1n) is 5.43. The molecule has 1 aromatic carbocycles. The Hall–Kier alpha value is -2.01. The summed E-state index contributed by atoms with van der Waals surface area (Å²) >= 11 is 5.13. The van der Waals surface area contributed by atoms with Gasteiger partial charge in [0.2, 0.25) is 0 Å². The molecule has 2 aromatic rings. The van der Waals surface area contributed by atoms with E-state index in [2.05, 4.69) is 15.6 Å². The molecule has 0 saturated heterocycles. The van der Waals surface area contributed by atoms with Crippen LogP contribution in [-0.4, -0.2) is 10.1 Å². The van der Waals surface area contributed by atoms with E-state index in [0.717, 1.165) is 11.3 Å². The van der Waals surface area contributed by atoms with Crippen molar-refractivity contribution in [3.63, 3.8) is 0 Å². The quantitative estimate of drug-likeness (QED) is 0.833. The standard InChI is InChI=1S/C13H12FN3S/c14-11-3-1-2-10(8-11)9-16-13(18)17-12-4-6-15-7-5-12/h1-8H,9H2,(H2,15,16,17,18). The van der Waals surface area contributed by atoms with Crippen LogP contribution in [0.1, 0.15) is 5.56 Å². The van der Waals surface area contributed by atoms with Crippen molar-refractivity contribution in [2.45, 2.75) is 6.54 Å². The summed E-state index contributed by atoms with van der Waals surface area (Å²) in [7, 11) is 0. The number of nitrogens with zero attached hydrogens (tertiary/aromatic N) is 1. The fourth-order valence-corrected chi connectivity index (χ4v) is 1.63. The normalized spacial score (nSPS) is 9.83. The van der Waals surface area contributed by atoms with E-state index in [1.807, 2.05) is 18.2 Å². The van der Waals surface area contributed by atoms with Crippen molar-refractivity contribution in [1.82, 2.24) is 10.3 Å². The summed E-state index contributed by atoms with van der Waals surface area (Å²) in [6.45, 7) is 0.481. The van der Waals surface area contributed by atoms with Crippen LogP contribution in [0.15, 0.2) is 48.8 Å². The molecule has 0 aliphatic carbocycles. The van der Waals surface area contributed by atoms with Gasteiger partial charge in [0.15, 0.2) is 5.11 Å². The number of hydrogen-bond acceptors (Lipinski definition) is 2. The van der Waals surface area contributed by atoms with Crippen LogP contribution in [0.5, 0.6) is 0 Å². The predicted octanol–water partition coefficient (Wildman–Crippen LogP) is 2.71. The number of thiocarbonyl (C=S) groups is 1. The minimum atomic E-state index is -0.248. The Labute approximate surface area is 110 Å². The molecule has 0 spiro atoms. The zero-order valence-corrected chi connectivity index (χ0v) is 10.4. The number of anilines is 1. The van der Waals surface area contributed by atoms with Gasteiger partial charge < -0.3 is 10.6 Å². The number of pyridine rings is 1. The number of halogens is 1. The van der Waals surface area contributed by atoms with Gasteiger partial charge in [-0.3, -0.25) is 4.98 Å². The number of nitrogens with one attached hydrogen (secondary N) is 2. The molecule has 2 rings (SSSR count). The van der Waals surface area contributed by atoms with Crippen molar-refractivity contribution in [3.05, 3.63) is 60.2 Å². The first-order chi connectivity index (χ1) is 8.74. The summed E-state index contributed by atoms with van der Waals surface area (Å²) in [4.78, 5) is 3.91. The Kier molecular flexibility index (Phi) is 4.20. The zero-order chi connectivity index (χ0) is 12.8. The Bertz CT molecular complexity index is 531. The van der Waals surface area contributed by atoms with Gasteiger partial charge in [0.05, 0.1) is 0 Å². The van der Waals surface area contributed by atoms with E-state index in [4.69, 9.17) is 12.2 Å². The average Bonchev–Trinajstić information content (AvgIpc) is 2.38. The van der Waals surface area contributed by atoms with Crippen LogP contribution in [-0.2, 0) is 6.54 Å². The van der Waals surface area contributed by atoms with E-state index in [9.17, 15) is 4.39 Å².